The molecule has 4 amide bonds. The second-order valence-corrected chi connectivity index (χ2v) is 8.57. The van der Waals surface area contributed by atoms with Gasteiger partial charge in [0.15, 0.2) is 0 Å². The minimum atomic E-state index is -1.05. The summed E-state index contributed by atoms with van der Waals surface area (Å²) in [6.45, 7) is 3.86. The Kier molecular flexibility index (Phi) is 5.67. The lowest BCUT2D eigenvalue weighted by Gasteiger charge is -2.36. The molecule has 2 atom stereocenters. The smallest absolute Gasteiger partial charge is 0.344 e. The fourth-order valence-corrected chi connectivity index (χ4v) is 4.31. The summed E-state index contributed by atoms with van der Waals surface area (Å²) in [5.41, 5.74) is 4.79. The average Bonchev–Trinajstić information content (AvgIpc) is 2.98. The van der Waals surface area contributed by atoms with Gasteiger partial charge in [0.25, 0.3) is 11.8 Å². The van der Waals surface area contributed by atoms with E-state index in [1.54, 1.807) is 6.92 Å². The van der Waals surface area contributed by atoms with Crippen LogP contribution in [0.15, 0.2) is 54.6 Å². The van der Waals surface area contributed by atoms with Gasteiger partial charge in [-0.2, -0.15) is 5.01 Å². The number of amides is 4. The zero-order valence-corrected chi connectivity index (χ0v) is 17.9. The monoisotopic (exact) mass is 420 g/mol. The number of fused-ring (bicyclic) bond motifs is 1. The summed E-state index contributed by atoms with van der Waals surface area (Å²) < 4.78 is 0. The first-order valence-corrected chi connectivity index (χ1v) is 10.7. The second-order valence-electron chi connectivity index (χ2n) is 8.57. The third-order valence-corrected chi connectivity index (χ3v) is 6.23. The van der Waals surface area contributed by atoms with Crippen molar-refractivity contribution in [1.29, 1.82) is 0 Å². The minimum Gasteiger partial charge on any atom is -0.359 e. The number of hydrogen-bond donors (Lipinski definition) is 2. The van der Waals surface area contributed by atoms with E-state index in [2.05, 4.69) is 23.7 Å². The van der Waals surface area contributed by atoms with Crippen molar-refractivity contribution in [2.45, 2.75) is 51.1 Å². The van der Waals surface area contributed by atoms with Crippen LogP contribution in [0, 0.1) is 0 Å². The Balaban J connectivity index is 1.40. The van der Waals surface area contributed by atoms with Gasteiger partial charge >= 0.3 is 6.03 Å². The maximum absolute atomic E-state index is 13.0. The number of rotatable bonds is 6. The number of hydrazine groups is 1. The Bertz CT molecular complexity index is 993. The molecule has 2 N–H and O–H groups in total. The van der Waals surface area contributed by atoms with Crippen LogP contribution in [-0.4, -0.2) is 41.0 Å². The molecule has 2 aliphatic heterocycles. The van der Waals surface area contributed by atoms with Gasteiger partial charge in [0, 0.05) is 11.7 Å². The number of nitrogens with one attached hydrogen (secondary N) is 2. The molecule has 7 heteroatoms. The molecule has 0 unspecified atom stereocenters. The van der Waals surface area contributed by atoms with Crippen LogP contribution in [0.2, 0.25) is 0 Å². The number of urea groups is 1. The normalized spacial score (nSPS) is 22.8. The van der Waals surface area contributed by atoms with E-state index in [9.17, 15) is 14.4 Å². The second kappa shape index (κ2) is 8.41. The number of aryl methyl sites for hydroxylation is 2. The molecule has 2 aliphatic rings. The van der Waals surface area contributed by atoms with Crippen LogP contribution in [0.5, 0.6) is 0 Å². The molecule has 0 saturated carbocycles. The van der Waals surface area contributed by atoms with Crippen molar-refractivity contribution < 1.29 is 14.4 Å². The molecule has 7 nitrogen and oxygen atoms in total. The van der Waals surface area contributed by atoms with Gasteiger partial charge < -0.3 is 10.2 Å². The van der Waals surface area contributed by atoms with Gasteiger partial charge in [0.05, 0.1) is 6.54 Å². The number of carbonyl (C=O) groups is 3. The van der Waals surface area contributed by atoms with Crippen LogP contribution < -0.4 is 15.6 Å². The Morgan fingerprint density at radius 2 is 1.84 bits per heavy atom. The van der Waals surface area contributed by atoms with E-state index in [-0.39, 0.29) is 18.5 Å². The standard InChI is InChI=1S/C24H28N4O3/c1-17-12-13-19-10-6-7-11-20(19)27(17)16-21(29)26-28-22(30)24(2,25-23(28)31)15-14-18-8-4-3-5-9-18/h3-11,17H,12-16H2,1-2H3,(H,25,31)(H,26,29)/t17-,24+/m1/s1. The number of imide groups is 1. The molecule has 31 heavy (non-hydrogen) atoms. The highest BCUT2D eigenvalue weighted by Crippen LogP contribution is 2.30. The first-order valence-electron chi connectivity index (χ1n) is 10.7. The average molecular weight is 421 g/mol. The van der Waals surface area contributed by atoms with Gasteiger partial charge in [-0.25, -0.2) is 4.79 Å². The molecular weight excluding hydrogens is 392 g/mol. The van der Waals surface area contributed by atoms with Gasteiger partial charge in [-0.3, -0.25) is 15.0 Å². The molecule has 1 saturated heterocycles. The fraction of sp³-hybridized carbons (Fsp3) is 0.375. The van der Waals surface area contributed by atoms with Crippen LogP contribution in [0.3, 0.4) is 0 Å². The predicted octanol–water partition coefficient (Wildman–Crippen LogP) is 2.80. The summed E-state index contributed by atoms with van der Waals surface area (Å²) in [6.07, 6.45) is 3.02. The number of para-hydroxylation sites is 1. The van der Waals surface area contributed by atoms with E-state index >= 15 is 0 Å². The van der Waals surface area contributed by atoms with E-state index in [0.29, 0.717) is 12.8 Å². The fourth-order valence-electron chi connectivity index (χ4n) is 4.31. The molecule has 0 aliphatic carbocycles. The first kappa shape index (κ1) is 20.9. The molecule has 2 aromatic rings. The summed E-state index contributed by atoms with van der Waals surface area (Å²) in [5.74, 6) is -0.826. The molecule has 0 bridgehead atoms. The highest BCUT2D eigenvalue weighted by atomic mass is 16.2. The predicted molar refractivity (Wildman–Crippen MR) is 118 cm³/mol. The topological polar surface area (TPSA) is 81.8 Å². The van der Waals surface area contributed by atoms with Gasteiger partial charge in [0.2, 0.25) is 0 Å². The van der Waals surface area contributed by atoms with Crippen molar-refractivity contribution in [2.24, 2.45) is 0 Å². The summed E-state index contributed by atoms with van der Waals surface area (Å²) >= 11 is 0. The van der Waals surface area contributed by atoms with E-state index in [0.717, 1.165) is 29.1 Å². The summed E-state index contributed by atoms with van der Waals surface area (Å²) in [7, 11) is 0. The number of nitrogens with zero attached hydrogens (tertiary/aromatic N) is 2. The number of hydrogen-bond acceptors (Lipinski definition) is 4. The Labute approximate surface area is 182 Å². The third-order valence-electron chi connectivity index (χ3n) is 6.23. The lowest BCUT2D eigenvalue weighted by molar-refractivity contribution is -0.138. The maximum Gasteiger partial charge on any atom is 0.344 e. The number of carbonyl (C=O) groups excluding carboxylic acids is 3. The van der Waals surface area contributed by atoms with E-state index in [1.165, 1.54) is 5.56 Å². The lowest BCUT2D eigenvalue weighted by atomic mass is 9.93. The van der Waals surface area contributed by atoms with Gasteiger partial charge in [-0.15, -0.1) is 0 Å². The van der Waals surface area contributed by atoms with Crippen molar-refractivity contribution in [3.05, 3.63) is 65.7 Å². The quantitative estimate of drug-likeness (QED) is 0.704. The van der Waals surface area contributed by atoms with Crippen molar-refractivity contribution in [2.75, 3.05) is 11.4 Å². The van der Waals surface area contributed by atoms with E-state index in [1.807, 2.05) is 53.4 Å². The molecule has 2 aromatic carbocycles. The van der Waals surface area contributed by atoms with E-state index in [4.69, 9.17) is 0 Å². The summed E-state index contributed by atoms with van der Waals surface area (Å²) in [4.78, 5) is 40.2. The Morgan fingerprint density at radius 3 is 2.61 bits per heavy atom. The van der Waals surface area contributed by atoms with E-state index < -0.39 is 17.5 Å². The van der Waals surface area contributed by atoms with Gasteiger partial charge in [-0.1, -0.05) is 48.5 Å². The van der Waals surface area contributed by atoms with Gasteiger partial charge in [-0.05, 0) is 56.7 Å². The number of anilines is 1. The summed E-state index contributed by atoms with van der Waals surface area (Å²) in [5, 5.41) is 3.57. The highest BCUT2D eigenvalue weighted by Gasteiger charge is 2.48. The molecule has 2 heterocycles. The van der Waals surface area contributed by atoms with Crippen molar-refractivity contribution in [3.63, 3.8) is 0 Å². The third kappa shape index (κ3) is 4.26. The molecule has 0 spiro atoms. The minimum absolute atomic E-state index is 0.0793. The molecular formula is C24H28N4O3. The molecule has 0 aromatic heterocycles. The zero-order chi connectivity index (χ0) is 22.0. The Hall–Kier alpha value is -3.35. The Morgan fingerprint density at radius 1 is 1.13 bits per heavy atom. The van der Waals surface area contributed by atoms with Crippen LogP contribution >= 0.6 is 0 Å². The maximum atomic E-state index is 13.0. The van der Waals surface area contributed by atoms with Crippen LogP contribution in [0.25, 0.3) is 0 Å². The molecule has 1 fully saturated rings. The zero-order valence-electron chi connectivity index (χ0n) is 17.9. The lowest BCUT2D eigenvalue weighted by Crippen LogP contribution is -2.52. The first-order chi connectivity index (χ1) is 14.9. The molecule has 4 rings (SSSR count). The SMILES string of the molecule is C[C@@H]1CCc2ccccc2N1CC(=O)NN1C(=O)N[C@@](C)(CCc2ccccc2)C1=O. The largest absolute Gasteiger partial charge is 0.359 e. The van der Waals surface area contributed by atoms with Gasteiger partial charge in [0.1, 0.15) is 5.54 Å². The highest BCUT2D eigenvalue weighted by molar-refractivity contribution is 6.07. The summed E-state index contributed by atoms with van der Waals surface area (Å²) in [6, 6.07) is 17.4. The van der Waals surface area contributed by atoms with Crippen LogP contribution in [0.4, 0.5) is 10.5 Å². The molecule has 0 radical (unpaired) electrons. The van der Waals surface area contributed by atoms with Crippen molar-refractivity contribution in [1.82, 2.24) is 15.8 Å². The number of benzene rings is 2. The van der Waals surface area contributed by atoms with Crippen LogP contribution in [-0.2, 0) is 22.4 Å². The van der Waals surface area contributed by atoms with Crippen molar-refractivity contribution in [3.8, 4) is 0 Å². The van der Waals surface area contributed by atoms with Crippen LogP contribution in [0.1, 0.15) is 37.8 Å². The van der Waals surface area contributed by atoms with Crippen molar-refractivity contribution >= 4 is 23.5 Å². The molecule has 162 valence electrons.